The van der Waals surface area contributed by atoms with Gasteiger partial charge in [-0.15, -0.1) is 0 Å². The van der Waals surface area contributed by atoms with Crippen molar-refractivity contribution >= 4 is 23.7 Å². The fraction of sp³-hybridized carbons (Fsp3) is 0.333. The summed E-state index contributed by atoms with van der Waals surface area (Å²) in [6.45, 7) is 4.67. The molecule has 0 N–H and O–H groups in total. The summed E-state index contributed by atoms with van der Waals surface area (Å²) >= 11 is 0. The predicted octanol–water partition coefficient (Wildman–Crippen LogP) is 2.63. The number of carbonyl (C=O) groups excluding carboxylic acids is 2. The zero-order valence-electron chi connectivity index (χ0n) is 13.3. The molecule has 122 valence electrons. The molecule has 23 heavy (non-hydrogen) atoms. The van der Waals surface area contributed by atoms with E-state index in [9.17, 15) is 9.59 Å². The Balaban J connectivity index is 2.08. The summed E-state index contributed by atoms with van der Waals surface area (Å²) in [6.07, 6.45) is 0.239. The molecule has 0 saturated carbocycles. The van der Waals surface area contributed by atoms with Gasteiger partial charge in [-0.25, -0.2) is 0 Å². The largest absolute Gasteiger partial charge is 0.489 e. The molecule has 2 rings (SSSR count). The molecule has 0 heterocycles. The number of amides is 1. The van der Waals surface area contributed by atoms with Gasteiger partial charge >= 0.3 is 0 Å². The number of hydrogen-bond acceptors (Lipinski definition) is 4. The van der Waals surface area contributed by atoms with E-state index in [0.29, 0.717) is 13.0 Å². The molecule has 1 unspecified atom stereocenters. The standard InChI is InChI=1S/C18H21NO4/c1-14(2)19(12-20)10-16(23-13-21)11-22-18-9-5-7-15-6-3-4-8-17(15)18/h3-9,12-14,16H,10-11H2,1-2H3. The van der Waals surface area contributed by atoms with Crippen LogP contribution in [0.5, 0.6) is 5.75 Å². The molecule has 0 aliphatic heterocycles. The third-order valence-electron chi connectivity index (χ3n) is 3.64. The van der Waals surface area contributed by atoms with E-state index in [2.05, 4.69) is 0 Å². The molecule has 5 nitrogen and oxygen atoms in total. The molecular formula is C18H21NO4. The zero-order valence-corrected chi connectivity index (χ0v) is 13.3. The van der Waals surface area contributed by atoms with Crippen LogP contribution in [0.3, 0.4) is 0 Å². The highest BCUT2D eigenvalue weighted by atomic mass is 16.6. The molecule has 0 aliphatic rings. The lowest BCUT2D eigenvalue weighted by Crippen LogP contribution is -2.40. The van der Waals surface area contributed by atoms with Gasteiger partial charge in [-0.05, 0) is 25.3 Å². The van der Waals surface area contributed by atoms with Crippen molar-refractivity contribution in [3.8, 4) is 5.75 Å². The van der Waals surface area contributed by atoms with Gasteiger partial charge in [0.05, 0.1) is 6.54 Å². The summed E-state index contributed by atoms with van der Waals surface area (Å²) in [4.78, 5) is 23.3. The summed E-state index contributed by atoms with van der Waals surface area (Å²) in [5, 5.41) is 2.07. The van der Waals surface area contributed by atoms with Crippen molar-refractivity contribution in [3.63, 3.8) is 0 Å². The second-order valence-corrected chi connectivity index (χ2v) is 5.54. The minimum atomic E-state index is -0.515. The van der Waals surface area contributed by atoms with Crippen LogP contribution in [0.4, 0.5) is 0 Å². The lowest BCUT2D eigenvalue weighted by atomic mass is 10.1. The summed E-state index contributed by atoms with van der Waals surface area (Å²) in [5.74, 6) is 0.727. The van der Waals surface area contributed by atoms with Crippen LogP contribution < -0.4 is 4.74 Å². The summed E-state index contributed by atoms with van der Waals surface area (Å²) in [5.41, 5.74) is 0. The van der Waals surface area contributed by atoms with E-state index in [4.69, 9.17) is 9.47 Å². The number of benzene rings is 2. The average molecular weight is 315 g/mol. The minimum Gasteiger partial charge on any atom is -0.489 e. The molecule has 0 spiro atoms. The molecule has 1 atom stereocenters. The van der Waals surface area contributed by atoms with Crippen LogP contribution in [0.2, 0.25) is 0 Å². The van der Waals surface area contributed by atoms with Gasteiger partial charge in [-0.2, -0.15) is 0 Å². The van der Waals surface area contributed by atoms with Crippen molar-refractivity contribution in [3.05, 3.63) is 42.5 Å². The highest BCUT2D eigenvalue weighted by Gasteiger charge is 2.17. The zero-order chi connectivity index (χ0) is 16.7. The van der Waals surface area contributed by atoms with Crippen LogP contribution in [-0.4, -0.2) is 43.1 Å². The molecule has 0 saturated heterocycles. The van der Waals surface area contributed by atoms with Gasteiger partial charge in [0, 0.05) is 11.4 Å². The Bertz CT molecular complexity index is 651. The van der Waals surface area contributed by atoms with Gasteiger partial charge in [0.1, 0.15) is 12.4 Å². The Kier molecular flexibility index (Phi) is 5.97. The molecule has 0 fully saturated rings. The van der Waals surface area contributed by atoms with Crippen LogP contribution >= 0.6 is 0 Å². The van der Waals surface area contributed by atoms with Gasteiger partial charge in [0.2, 0.25) is 6.41 Å². The van der Waals surface area contributed by atoms with Crippen LogP contribution in [0, 0.1) is 0 Å². The van der Waals surface area contributed by atoms with Crippen molar-refractivity contribution in [1.82, 2.24) is 4.90 Å². The lowest BCUT2D eigenvalue weighted by Gasteiger charge is -2.26. The quantitative estimate of drug-likeness (QED) is 0.668. The normalized spacial score (nSPS) is 12.0. The first-order valence-electron chi connectivity index (χ1n) is 7.56. The molecule has 0 bridgehead atoms. The van der Waals surface area contributed by atoms with Crippen molar-refractivity contribution in [2.75, 3.05) is 13.2 Å². The number of fused-ring (bicyclic) bond motifs is 1. The first kappa shape index (κ1) is 16.8. The Morgan fingerprint density at radius 3 is 2.52 bits per heavy atom. The molecule has 5 heteroatoms. The third kappa shape index (κ3) is 4.45. The topological polar surface area (TPSA) is 55.8 Å². The van der Waals surface area contributed by atoms with Gasteiger partial charge in [-0.1, -0.05) is 36.4 Å². The van der Waals surface area contributed by atoms with Crippen LogP contribution in [0.25, 0.3) is 10.8 Å². The minimum absolute atomic E-state index is 0.0304. The Labute approximate surface area is 135 Å². The van der Waals surface area contributed by atoms with Crippen LogP contribution in [-0.2, 0) is 14.3 Å². The van der Waals surface area contributed by atoms with Gasteiger partial charge in [0.15, 0.2) is 6.10 Å². The number of carbonyl (C=O) groups is 2. The average Bonchev–Trinajstić information content (AvgIpc) is 2.57. The molecular weight excluding hydrogens is 294 g/mol. The van der Waals surface area contributed by atoms with E-state index in [-0.39, 0.29) is 12.6 Å². The fourth-order valence-electron chi connectivity index (χ4n) is 2.33. The molecule has 1 amide bonds. The third-order valence-corrected chi connectivity index (χ3v) is 3.64. The fourth-order valence-corrected chi connectivity index (χ4v) is 2.33. The Morgan fingerprint density at radius 2 is 1.83 bits per heavy atom. The molecule has 2 aromatic carbocycles. The van der Waals surface area contributed by atoms with E-state index < -0.39 is 6.10 Å². The number of ether oxygens (including phenoxy) is 2. The van der Waals surface area contributed by atoms with Crippen molar-refractivity contribution < 1.29 is 19.1 Å². The maximum atomic E-state index is 11.1. The molecule has 2 aromatic rings. The second-order valence-electron chi connectivity index (χ2n) is 5.54. The number of hydrogen-bond donors (Lipinski definition) is 0. The molecule has 0 aromatic heterocycles. The summed E-state index contributed by atoms with van der Waals surface area (Å²) in [6, 6.07) is 13.7. The van der Waals surface area contributed by atoms with E-state index in [1.807, 2.05) is 56.3 Å². The number of rotatable bonds is 9. The van der Waals surface area contributed by atoms with Crippen molar-refractivity contribution in [2.24, 2.45) is 0 Å². The number of nitrogens with zero attached hydrogens (tertiary/aromatic N) is 1. The maximum absolute atomic E-state index is 11.1. The van der Waals surface area contributed by atoms with Crippen LogP contribution in [0.15, 0.2) is 42.5 Å². The van der Waals surface area contributed by atoms with Crippen molar-refractivity contribution in [1.29, 1.82) is 0 Å². The summed E-state index contributed by atoms with van der Waals surface area (Å²) in [7, 11) is 0. The monoisotopic (exact) mass is 315 g/mol. The molecule has 0 radical (unpaired) electrons. The Morgan fingerprint density at radius 1 is 1.09 bits per heavy atom. The van der Waals surface area contributed by atoms with E-state index in [0.717, 1.165) is 22.9 Å². The highest BCUT2D eigenvalue weighted by molar-refractivity contribution is 5.88. The predicted molar refractivity (Wildman–Crippen MR) is 88.3 cm³/mol. The van der Waals surface area contributed by atoms with Crippen molar-refractivity contribution in [2.45, 2.75) is 26.0 Å². The first-order chi connectivity index (χ1) is 11.2. The summed E-state index contributed by atoms with van der Waals surface area (Å²) < 4.78 is 10.9. The van der Waals surface area contributed by atoms with E-state index >= 15 is 0 Å². The van der Waals surface area contributed by atoms with Crippen LogP contribution in [0.1, 0.15) is 13.8 Å². The second kappa shape index (κ2) is 8.17. The van der Waals surface area contributed by atoms with E-state index in [1.165, 1.54) is 0 Å². The van der Waals surface area contributed by atoms with Gasteiger partial charge in [-0.3, -0.25) is 9.59 Å². The Hall–Kier alpha value is -2.56. The first-order valence-corrected chi connectivity index (χ1v) is 7.56. The van der Waals surface area contributed by atoms with Gasteiger partial charge in [0.25, 0.3) is 6.47 Å². The van der Waals surface area contributed by atoms with Gasteiger partial charge < -0.3 is 14.4 Å². The SMILES string of the molecule is CC(C)N(C=O)CC(COc1cccc2ccccc12)OC=O. The smallest absolute Gasteiger partial charge is 0.293 e. The maximum Gasteiger partial charge on any atom is 0.293 e. The van der Waals surface area contributed by atoms with E-state index in [1.54, 1.807) is 4.90 Å². The lowest BCUT2D eigenvalue weighted by molar-refractivity contribution is -0.138. The highest BCUT2D eigenvalue weighted by Crippen LogP contribution is 2.25. The molecule has 0 aliphatic carbocycles.